The third-order valence-electron chi connectivity index (χ3n) is 5.09. The van der Waals surface area contributed by atoms with Crippen LogP contribution in [0, 0.1) is 13.8 Å². The summed E-state index contributed by atoms with van der Waals surface area (Å²) in [6, 6.07) is 8.05. The van der Waals surface area contributed by atoms with Crippen LogP contribution in [0.25, 0.3) is 0 Å². The van der Waals surface area contributed by atoms with Gasteiger partial charge in [-0.05, 0) is 56.4 Å². The van der Waals surface area contributed by atoms with Crippen LogP contribution in [0.1, 0.15) is 47.8 Å². The van der Waals surface area contributed by atoms with Gasteiger partial charge in [0.25, 0.3) is 0 Å². The molecular weight excluding hydrogens is 330 g/mol. The zero-order chi connectivity index (χ0) is 18.7. The van der Waals surface area contributed by atoms with Crippen molar-refractivity contribution in [2.24, 2.45) is 0 Å². The average molecular weight is 355 g/mol. The number of amides is 1. The van der Waals surface area contributed by atoms with E-state index < -0.39 is 0 Å². The van der Waals surface area contributed by atoms with E-state index >= 15 is 0 Å². The number of carbonyl (C=O) groups excluding carboxylic acids is 1. The van der Waals surface area contributed by atoms with Gasteiger partial charge in [-0.1, -0.05) is 12.1 Å². The Morgan fingerprint density at radius 3 is 2.92 bits per heavy atom. The van der Waals surface area contributed by atoms with Crippen molar-refractivity contribution in [2.75, 3.05) is 13.7 Å². The molecule has 1 atom stereocenters. The number of nitrogens with one attached hydrogen (secondary N) is 1. The van der Waals surface area contributed by atoms with Gasteiger partial charge in [0.15, 0.2) is 0 Å². The summed E-state index contributed by atoms with van der Waals surface area (Å²) in [5.74, 6) is 0.952. The van der Waals surface area contributed by atoms with Crippen molar-refractivity contribution in [3.63, 3.8) is 0 Å². The van der Waals surface area contributed by atoms with E-state index in [9.17, 15) is 9.59 Å². The molecule has 26 heavy (non-hydrogen) atoms. The van der Waals surface area contributed by atoms with E-state index in [1.54, 1.807) is 7.11 Å². The lowest BCUT2D eigenvalue weighted by atomic mass is 10.0. The van der Waals surface area contributed by atoms with Gasteiger partial charge in [0, 0.05) is 24.4 Å². The van der Waals surface area contributed by atoms with Crippen LogP contribution in [0.4, 0.5) is 0 Å². The standard InChI is InChI=1S/C20H25N3O3/c1-13-17(14(2)22-20(25)21-13)9-10-19(24)23-11-5-8-18(23)15-6-4-7-16(12-15)26-3/h4,6-7,12,18H,5,8-11H2,1-3H3,(H,21,22,25)/t18-/m1/s1. The molecule has 6 heteroatoms. The Labute approximate surface area is 153 Å². The van der Waals surface area contributed by atoms with E-state index in [1.165, 1.54) is 0 Å². The van der Waals surface area contributed by atoms with Gasteiger partial charge in [-0.3, -0.25) is 4.79 Å². The first-order chi connectivity index (χ1) is 12.5. The molecule has 0 spiro atoms. The van der Waals surface area contributed by atoms with Crippen molar-refractivity contribution >= 4 is 5.91 Å². The molecule has 1 aliphatic heterocycles. The number of carbonyl (C=O) groups is 1. The molecule has 138 valence electrons. The Morgan fingerprint density at radius 1 is 1.38 bits per heavy atom. The van der Waals surface area contributed by atoms with Crippen LogP contribution in [0.5, 0.6) is 5.75 Å². The van der Waals surface area contributed by atoms with Gasteiger partial charge in [0.2, 0.25) is 5.91 Å². The number of H-pyrrole nitrogens is 1. The molecule has 0 aliphatic carbocycles. The molecule has 1 amide bonds. The fourth-order valence-electron chi connectivity index (χ4n) is 3.76. The van der Waals surface area contributed by atoms with Crippen molar-refractivity contribution in [3.8, 4) is 5.75 Å². The minimum absolute atomic E-state index is 0.105. The number of methoxy groups -OCH3 is 1. The van der Waals surface area contributed by atoms with Crippen molar-refractivity contribution in [3.05, 3.63) is 57.3 Å². The second kappa shape index (κ2) is 7.72. The number of benzene rings is 1. The Bertz CT molecular complexity index is 833. The molecule has 0 bridgehead atoms. The molecule has 2 heterocycles. The Morgan fingerprint density at radius 2 is 2.19 bits per heavy atom. The van der Waals surface area contributed by atoms with Crippen molar-refractivity contribution in [2.45, 2.75) is 45.6 Å². The smallest absolute Gasteiger partial charge is 0.345 e. The molecule has 3 rings (SSSR count). The monoisotopic (exact) mass is 355 g/mol. The Balaban J connectivity index is 1.72. The zero-order valence-electron chi connectivity index (χ0n) is 15.5. The quantitative estimate of drug-likeness (QED) is 0.895. The molecule has 6 nitrogen and oxygen atoms in total. The summed E-state index contributed by atoms with van der Waals surface area (Å²) in [7, 11) is 1.65. The molecule has 0 saturated carbocycles. The first-order valence-electron chi connectivity index (χ1n) is 8.99. The highest BCUT2D eigenvalue weighted by Crippen LogP contribution is 2.34. The van der Waals surface area contributed by atoms with E-state index in [0.717, 1.165) is 42.0 Å². The second-order valence-electron chi connectivity index (χ2n) is 6.75. The summed E-state index contributed by atoms with van der Waals surface area (Å²) >= 11 is 0. The van der Waals surface area contributed by atoms with Crippen LogP contribution < -0.4 is 10.4 Å². The number of likely N-dealkylation sites (tertiary alicyclic amines) is 1. The SMILES string of the molecule is COc1cccc([C@H]2CCCN2C(=O)CCc2c(C)nc(=O)[nH]c2C)c1. The molecule has 1 N–H and O–H groups in total. The van der Waals surface area contributed by atoms with Gasteiger partial charge in [-0.15, -0.1) is 0 Å². The predicted octanol–water partition coefficient (Wildman–Crippen LogP) is 2.69. The number of nitrogens with zero attached hydrogens (tertiary/aromatic N) is 2. The number of hydrogen-bond acceptors (Lipinski definition) is 4. The maximum atomic E-state index is 12.8. The van der Waals surface area contributed by atoms with Crippen LogP contribution in [0.15, 0.2) is 29.1 Å². The first-order valence-corrected chi connectivity index (χ1v) is 8.99. The van der Waals surface area contributed by atoms with Crippen molar-refractivity contribution in [1.29, 1.82) is 0 Å². The van der Waals surface area contributed by atoms with Crippen molar-refractivity contribution < 1.29 is 9.53 Å². The number of aromatic nitrogens is 2. The maximum Gasteiger partial charge on any atom is 0.345 e. The minimum Gasteiger partial charge on any atom is -0.497 e. The van der Waals surface area contributed by atoms with Gasteiger partial charge in [0.05, 0.1) is 13.2 Å². The first kappa shape index (κ1) is 18.2. The number of hydrogen-bond donors (Lipinski definition) is 1. The molecule has 1 aromatic heterocycles. The third kappa shape index (κ3) is 3.79. The molecular formula is C20H25N3O3. The lowest BCUT2D eigenvalue weighted by molar-refractivity contribution is -0.132. The summed E-state index contributed by atoms with van der Waals surface area (Å²) in [5, 5.41) is 0. The van der Waals surface area contributed by atoms with Crippen molar-refractivity contribution in [1.82, 2.24) is 14.9 Å². The van der Waals surface area contributed by atoms with Gasteiger partial charge in [-0.25, -0.2) is 4.79 Å². The summed E-state index contributed by atoms with van der Waals surface area (Å²) in [6.45, 7) is 4.45. The normalized spacial score (nSPS) is 16.7. The molecule has 1 saturated heterocycles. The Kier molecular flexibility index (Phi) is 5.40. The topological polar surface area (TPSA) is 75.3 Å². The fraction of sp³-hybridized carbons (Fsp3) is 0.450. The van der Waals surface area contributed by atoms with Gasteiger partial charge in [-0.2, -0.15) is 4.98 Å². The third-order valence-corrected chi connectivity index (χ3v) is 5.09. The highest BCUT2D eigenvalue weighted by atomic mass is 16.5. The second-order valence-corrected chi connectivity index (χ2v) is 6.75. The van der Waals surface area contributed by atoms with Crippen LogP contribution in [0.3, 0.4) is 0 Å². The van der Waals surface area contributed by atoms with Crippen LogP contribution in [0.2, 0.25) is 0 Å². The summed E-state index contributed by atoms with van der Waals surface area (Å²) < 4.78 is 5.31. The molecule has 0 unspecified atom stereocenters. The van der Waals surface area contributed by atoms with E-state index in [-0.39, 0.29) is 17.6 Å². The highest BCUT2D eigenvalue weighted by molar-refractivity contribution is 5.77. The number of aryl methyl sites for hydroxylation is 2. The van der Waals surface area contributed by atoms with E-state index in [4.69, 9.17) is 4.74 Å². The van der Waals surface area contributed by atoms with E-state index in [0.29, 0.717) is 18.5 Å². The molecule has 1 aliphatic rings. The fourth-order valence-corrected chi connectivity index (χ4v) is 3.76. The van der Waals surface area contributed by atoms with Gasteiger partial charge in [0.1, 0.15) is 5.75 Å². The van der Waals surface area contributed by atoms with E-state index in [2.05, 4.69) is 16.0 Å². The van der Waals surface area contributed by atoms with Gasteiger partial charge < -0.3 is 14.6 Å². The lowest BCUT2D eigenvalue weighted by Gasteiger charge is -2.25. The maximum absolute atomic E-state index is 12.8. The molecule has 0 radical (unpaired) electrons. The Hall–Kier alpha value is -2.63. The number of rotatable bonds is 5. The minimum atomic E-state index is -0.340. The van der Waals surface area contributed by atoms with E-state index in [1.807, 2.05) is 36.9 Å². The summed E-state index contributed by atoms with van der Waals surface area (Å²) in [5.41, 5.74) is 3.22. The largest absolute Gasteiger partial charge is 0.497 e. The highest BCUT2D eigenvalue weighted by Gasteiger charge is 2.30. The zero-order valence-corrected chi connectivity index (χ0v) is 15.5. The summed E-state index contributed by atoms with van der Waals surface area (Å²) in [6.07, 6.45) is 2.97. The number of ether oxygens (including phenoxy) is 1. The average Bonchev–Trinajstić information content (AvgIpc) is 3.10. The lowest BCUT2D eigenvalue weighted by Crippen LogP contribution is -2.31. The molecule has 1 aromatic carbocycles. The van der Waals surface area contributed by atoms with Crippen LogP contribution >= 0.6 is 0 Å². The molecule has 2 aromatic rings. The molecule has 1 fully saturated rings. The predicted molar refractivity (Wildman–Crippen MR) is 99.3 cm³/mol. The number of aromatic amines is 1. The van der Waals surface area contributed by atoms with Crippen LogP contribution in [-0.4, -0.2) is 34.4 Å². The van der Waals surface area contributed by atoms with Crippen LogP contribution in [-0.2, 0) is 11.2 Å². The summed E-state index contributed by atoms with van der Waals surface area (Å²) in [4.78, 5) is 32.9. The van der Waals surface area contributed by atoms with Gasteiger partial charge >= 0.3 is 5.69 Å².